The SMILES string of the molecule is CCCCC(C)C(=O)Nc1cn[nH]c1-c1nccs1. The second kappa shape index (κ2) is 6.47. The highest BCUT2D eigenvalue weighted by atomic mass is 32.1. The third-order valence-electron chi connectivity index (χ3n) is 2.98. The molecule has 0 radical (unpaired) electrons. The van der Waals surface area contributed by atoms with Crippen molar-refractivity contribution in [2.45, 2.75) is 33.1 Å². The Balaban J connectivity index is 2.04. The number of nitrogens with one attached hydrogen (secondary N) is 2. The van der Waals surface area contributed by atoms with Crippen molar-refractivity contribution in [3.8, 4) is 10.7 Å². The smallest absolute Gasteiger partial charge is 0.227 e. The molecule has 0 spiro atoms. The number of nitrogens with zero attached hydrogens (tertiary/aromatic N) is 2. The van der Waals surface area contributed by atoms with Crippen LogP contribution in [0.5, 0.6) is 0 Å². The van der Waals surface area contributed by atoms with E-state index >= 15 is 0 Å². The van der Waals surface area contributed by atoms with E-state index < -0.39 is 0 Å². The van der Waals surface area contributed by atoms with E-state index in [-0.39, 0.29) is 11.8 Å². The Morgan fingerprint density at radius 1 is 1.58 bits per heavy atom. The van der Waals surface area contributed by atoms with Crippen molar-refractivity contribution >= 4 is 22.9 Å². The van der Waals surface area contributed by atoms with Crippen molar-refractivity contribution in [1.82, 2.24) is 15.2 Å². The Bertz CT molecular complexity index is 520. The summed E-state index contributed by atoms with van der Waals surface area (Å²) in [6.07, 6.45) is 6.44. The van der Waals surface area contributed by atoms with E-state index in [0.717, 1.165) is 30.0 Å². The highest BCUT2D eigenvalue weighted by Gasteiger charge is 2.16. The Labute approximate surface area is 116 Å². The van der Waals surface area contributed by atoms with Gasteiger partial charge >= 0.3 is 0 Å². The minimum atomic E-state index is 0.0130. The molecule has 2 aromatic rings. The molecule has 2 N–H and O–H groups in total. The maximum Gasteiger partial charge on any atom is 0.227 e. The lowest BCUT2D eigenvalue weighted by Gasteiger charge is -2.11. The van der Waals surface area contributed by atoms with Crippen LogP contribution in [0.1, 0.15) is 33.1 Å². The molecule has 2 heterocycles. The highest BCUT2D eigenvalue weighted by molar-refractivity contribution is 7.13. The lowest BCUT2D eigenvalue weighted by Crippen LogP contribution is -2.20. The molecule has 1 amide bonds. The van der Waals surface area contributed by atoms with Crippen LogP contribution < -0.4 is 5.32 Å². The van der Waals surface area contributed by atoms with Gasteiger partial charge in [0.05, 0.1) is 11.9 Å². The predicted octanol–water partition coefficient (Wildman–Crippen LogP) is 3.30. The number of unbranched alkanes of at least 4 members (excludes halogenated alkanes) is 1. The summed E-state index contributed by atoms with van der Waals surface area (Å²) in [7, 11) is 0. The molecule has 1 atom stereocenters. The number of H-pyrrole nitrogens is 1. The van der Waals surface area contributed by atoms with Gasteiger partial charge in [-0.1, -0.05) is 26.7 Å². The molecule has 0 aliphatic carbocycles. The average Bonchev–Trinajstić information content (AvgIpc) is 3.05. The molecule has 0 aliphatic heterocycles. The van der Waals surface area contributed by atoms with Crippen LogP contribution in [-0.4, -0.2) is 21.1 Å². The fourth-order valence-electron chi connectivity index (χ4n) is 1.79. The molecular weight excluding hydrogens is 260 g/mol. The maximum absolute atomic E-state index is 12.1. The molecule has 19 heavy (non-hydrogen) atoms. The van der Waals surface area contributed by atoms with Gasteiger partial charge in [-0.05, 0) is 6.42 Å². The molecular formula is C13H18N4OS. The molecule has 0 saturated heterocycles. The largest absolute Gasteiger partial charge is 0.323 e. The van der Waals surface area contributed by atoms with E-state index in [0.29, 0.717) is 5.69 Å². The summed E-state index contributed by atoms with van der Waals surface area (Å²) >= 11 is 1.51. The lowest BCUT2D eigenvalue weighted by atomic mass is 10.0. The summed E-state index contributed by atoms with van der Waals surface area (Å²) in [6, 6.07) is 0. The number of rotatable bonds is 6. The summed E-state index contributed by atoms with van der Waals surface area (Å²) in [4.78, 5) is 16.3. The van der Waals surface area contributed by atoms with Gasteiger partial charge in [0, 0.05) is 17.5 Å². The molecule has 2 aromatic heterocycles. The van der Waals surface area contributed by atoms with Crippen LogP contribution in [0, 0.1) is 5.92 Å². The molecule has 0 aromatic carbocycles. The average molecular weight is 278 g/mol. The van der Waals surface area contributed by atoms with Crippen molar-refractivity contribution < 1.29 is 4.79 Å². The number of carbonyl (C=O) groups is 1. The van der Waals surface area contributed by atoms with Gasteiger partial charge in [0.1, 0.15) is 10.7 Å². The number of carbonyl (C=O) groups excluding carboxylic acids is 1. The number of aromatic amines is 1. The van der Waals surface area contributed by atoms with E-state index in [9.17, 15) is 4.79 Å². The van der Waals surface area contributed by atoms with Gasteiger partial charge in [0.2, 0.25) is 5.91 Å². The fourth-order valence-corrected chi connectivity index (χ4v) is 2.43. The van der Waals surface area contributed by atoms with Crippen LogP contribution in [0.25, 0.3) is 10.7 Å². The lowest BCUT2D eigenvalue weighted by molar-refractivity contribution is -0.119. The summed E-state index contributed by atoms with van der Waals surface area (Å²) in [5.74, 6) is 0.0478. The third-order valence-corrected chi connectivity index (χ3v) is 3.77. The summed E-state index contributed by atoms with van der Waals surface area (Å²) in [6.45, 7) is 4.08. The van der Waals surface area contributed by atoms with Crippen molar-refractivity contribution in [2.75, 3.05) is 5.32 Å². The summed E-state index contributed by atoms with van der Waals surface area (Å²) in [5.41, 5.74) is 1.47. The first-order valence-corrected chi connectivity index (χ1v) is 7.34. The van der Waals surface area contributed by atoms with Crippen molar-refractivity contribution in [3.63, 3.8) is 0 Å². The van der Waals surface area contributed by atoms with Gasteiger partial charge in [0.25, 0.3) is 0 Å². The molecule has 0 fully saturated rings. The molecule has 102 valence electrons. The predicted molar refractivity (Wildman–Crippen MR) is 77.0 cm³/mol. The van der Waals surface area contributed by atoms with E-state index in [1.165, 1.54) is 11.3 Å². The molecule has 0 aliphatic rings. The van der Waals surface area contributed by atoms with Crippen LogP contribution in [0.4, 0.5) is 5.69 Å². The number of anilines is 1. The maximum atomic E-state index is 12.1. The normalized spacial score (nSPS) is 12.3. The van der Waals surface area contributed by atoms with Gasteiger partial charge in [0.15, 0.2) is 0 Å². The van der Waals surface area contributed by atoms with E-state index in [1.54, 1.807) is 12.4 Å². The first-order chi connectivity index (χ1) is 9.22. The quantitative estimate of drug-likeness (QED) is 0.851. The number of thiazole rings is 1. The van der Waals surface area contributed by atoms with Gasteiger partial charge in [-0.2, -0.15) is 5.10 Å². The second-order valence-electron chi connectivity index (χ2n) is 4.53. The van der Waals surface area contributed by atoms with Crippen molar-refractivity contribution in [3.05, 3.63) is 17.8 Å². The van der Waals surface area contributed by atoms with E-state index in [4.69, 9.17) is 0 Å². The Kier molecular flexibility index (Phi) is 4.68. The zero-order chi connectivity index (χ0) is 13.7. The van der Waals surface area contributed by atoms with Crippen LogP contribution in [0.15, 0.2) is 17.8 Å². The first kappa shape index (κ1) is 13.7. The van der Waals surface area contributed by atoms with E-state index in [1.807, 2.05) is 12.3 Å². The standard InChI is InChI=1S/C13H18N4OS/c1-3-4-5-9(2)12(18)16-10-8-15-17-11(10)13-14-6-7-19-13/h6-9H,3-5H2,1-2H3,(H,15,17)(H,16,18). The Hall–Kier alpha value is -1.69. The summed E-state index contributed by atoms with van der Waals surface area (Å²) < 4.78 is 0. The fraction of sp³-hybridized carbons (Fsp3) is 0.462. The van der Waals surface area contributed by atoms with Crippen LogP contribution in [0.3, 0.4) is 0 Å². The number of aromatic nitrogens is 3. The number of hydrogen-bond donors (Lipinski definition) is 2. The molecule has 6 heteroatoms. The van der Waals surface area contributed by atoms with Crippen LogP contribution >= 0.6 is 11.3 Å². The van der Waals surface area contributed by atoms with Gasteiger partial charge in [-0.3, -0.25) is 9.89 Å². The molecule has 1 unspecified atom stereocenters. The van der Waals surface area contributed by atoms with Gasteiger partial charge < -0.3 is 5.32 Å². The zero-order valence-corrected chi connectivity index (χ0v) is 12.0. The Morgan fingerprint density at radius 3 is 3.11 bits per heavy atom. The van der Waals surface area contributed by atoms with Gasteiger partial charge in [-0.15, -0.1) is 11.3 Å². The molecule has 2 rings (SSSR count). The number of amides is 1. The minimum absolute atomic E-state index is 0.0130. The second-order valence-corrected chi connectivity index (χ2v) is 5.42. The molecule has 5 nitrogen and oxygen atoms in total. The Morgan fingerprint density at radius 2 is 2.42 bits per heavy atom. The minimum Gasteiger partial charge on any atom is -0.323 e. The molecule has 0 bridgehead atoms. The first-order valence-electron chi connectivity index (χ1n) is 6.46. The van der Waals surface area contributed by atoms with Crippen LogP contribution in [-0.2, 0) is 4.79 Å². The van der Waals surface area contributed by atoms with Crippen LogP contribution in [0.2, 0.25) is 0 Å². The van der Waals surface area contributed by atoms with Gasteiger partial charge in [-0.25, -0.2) is 4.98 Å². The molecule has 0 saturated carbocycles. The van der Waals surface area contributed by atoms with Crippen molar-refractivity contribution in [1.29, 1.82) is 0 Å². The topological polar surface area (TPSA) is 70.7 Å². The highest BCUT2D eigenvalue weighted by Crippen LogP contribution is 2.27. The zero-order valence-electron chi connectivity index (χ0n) is 11.1. The third kappa shape index (κ3) is 3.41. The summed E-state index contributed by atoms with van der Waals surface area (Å²) in [5, 5.41) is 12.5. The monoisotopic (exact) mass is 278 g/mol. The van der Waals surface area contributed by atoms with Crippen molar-refractivity contribution in [2.24, 2.45) is 5.92 Å². The van der Waals surface area contributed by atoms with E-state index in [2.05, 4.69) is 27.4 Å². The number of hydrogen-bond acceptors (Lipinski definition) is 4.